The molecule has 4 rings (SSSR count). The largest absolute Gasteiger partial charge is 0.508 e. The Morgan fingerprint density at radius 1 is 0.735 bits per heavy atom. The molecular weight excluding hydrogens is 436 g/mol. The van der Waals surface area contributed by atoms with Crippen LogP contribution in [0.15, 0.2) is 48.5 Å². The van der Waals surface area contributed by atoms with Crippen LogP contribution in [0.5, 0.6) is 11.5 Å². The lowest BCUT2D eigenvalue weighted by molar-refractivity contribution is -0.118. The van der Waals surface area contributed by atoms with Crippen LogP contribution in [-0.4, -0.2) is 16.1 Å². The lowest BCUT2D eigenvalue weighted by Gasteiger charge is -2.33. The molecule has 1 aliphatic heterocycles. The Labute approximate surface area is 198 Å². The Balaban J connectivity index is 2.19. The number of hydrogen-bond acceptors (Lipinski definition) is 3. The molecule has 0 bridgehead atoms. The molecule has 178 valence electrons. The highest BCUT2D eigenvalue weighted by Gasteiger charge is 2.54. The van der Waals surface area contributed by atoms with Gasteiger partial charge >= 0.3 is 0 Å². The number of halogens is 2. The summed E-state index contributed by atoms with van der Waals surface area (Å²) < 4.78 is 29.0. The van der Waals surface area contributed by atoms with Gasteiger partial charge in [0.2, 0.25) is 5.91 Å². The molecule has 0 saturated carbocycles. The minimum Gasteiger partial charge on any atom is -0.508 e. The number of aromatic hydroxyl groups is 2. The zero-order valence-corrected chi connectivity index (χ0v) is 20.2. The molecule has 0 radical (unpaired) electrons. The van der Waals surface area contributed by atoms with Crippen molar-refractivity contribution in [1.82, 2.24) is 0 Å². The van der Waals surface area contributed by atoms with Crippen LogP contribution in [0.25, 0.3) is 0 Å². The normalized spacial score (nSPS) is 15.2. The lowest BCUT2D eigenvalue weighted by Crippen LogP contribution is -2.38. The quantitative estimate of drug-likeness (QED) is 0.419. The molecule has 0 atom stereocenters. The number of amides is 1. The number of anilines is 1. The maximum Gasteiger partial charge on any atom is 0.244 e. The fourth-order valence-electron chi connectivity index (χ4n) is 4.60. The van der Waals surface area contributed by atoms with Crippen molar-refractivity contribution >= 4 is 11.6 Å². The molecule has 1 aliphatic rings. The second-order valence-corrected chi connectivity index (χ2v) is 11.0. The van der Waals surface area contributed by atoms with Gasteiger partial charge in [-0.25, -0.2) is 8.78 Å². The number of nitrogens with one attached hydrogen (secondary N) is 1. The summed E-state index contributed by atoms with van der Waals surface area (Å²) in [5.41, 5.74) is -0.613. The van der Waals surface area contributed by atoms with Crippen molar-refractivity contribution in [2.45, 2.75) is 57.8 Å². The zero-order chi connectivity index (χ0) is 25.2. The predicted molar refractivity (Wildman–Crippen MR) is 128 cm³/mol. The van der Waals surface area contributed by atoms with Crippen LogP contribution >= 0.6 is 0 Å². The third kappa shape index (κ3) is 3.44. The zero-order valence-electron chi connectivity index (χ0n) is 20.2. The van der Waals surface area contributed by atoms with Crippen LogP contribution in [0, 0.1) is 11.6 Å². The van der Waals surface area contributed by atoms with Gasteiger partial charge in [-0.1, -0.05) is 59.7 Å². The third-order valence-electron chi connectivity index (χ3n) is 6.61. The molecule has 0 aliphatic carbocycles. The van der Waals surface area contributed by atoms with Gasteiger partial charge in [-0.3, -0.25) is 4.79 Å². The highest BCUT2D eigenvalue weighted by molar-refractivity contribution is 6.12. The SMILES string of the molecule is CC(C)(C)c1ccc(O)c(C2(c3cc(C(C)(C)C)ccc3O)C(=O)Nc3c2ccc(F)c3F)c1. The average Bonchev–Trinajstić information content (AvgIpc) is 3.03. The van der Waals surface area contributed by atoms with Gasteiger partial charge in [0.05, 0.1) is 5.69 Å². The van der Waals surface area contributed by atoms with Crippen molar-refractivity contribution in [2.75, 3.05) is 5.32 Å². The van der Waals surface area contributed by atoms with Gasteiger partial charge in [0.25, 0.3) is 0 Å². The van der Waals surface area contributed by atoms with Crippen LogP contribution in [0.2, 0.25) is 0 Å². The molecule has 3 N–H and O–H groups in total. The van der Waals surface area contributed by atoms with E-state index in [9.17, 15) is 23.8 Å². The van der Waals surface area contributed by atoms with Gasteiger partial charge in [0.15, 0.2) is 11.6 Å². The van der Waals surface area contributed by atoms with Crippen LogP contribution in [0.1, 0.15) is 69.4 Å². The van der Waals surface area contributed by atoms with E-state index in [0.29, 0.717) is 0 Å². The molecule has 1 heterocycles. The molecule has 34 heavy (non-hydrogen) atoms. The minimum absolute atomic E-state index is 0.124. The van der Waals surface area contributed by atoms with Gasteiger partial charge in [-0.2, -0.15) is 0 Å². The van der Waals surface area contributed by atoms with Crippen molar-refractivity contribution in [1.29, 1.82) is 0 Å². The lowest BCUT2D eigenvalue weighted by atomic mass is 9.67. The Bertz CT molecular complexity index is 1250. The van der Waals surface area contributed by atoms with E-state index in [0.717, 1.165) is 17.2 Å². The summed E-state index contributed by atoms with van der Waals surface area (Å²) in [5, 5.41) is 24.6. The van der Waals surface area contributed by atoms with E-state index in [-0.39, 0.29) is 44.7 Å². The summed E-state index contributed by atoms with van der Waals surface area (Å²) in [6.45, 7) is 11.9. The highest BCUT2D eigenvalue weighted by atomic mass is 19.2. The van der Waals surface area contributed by atoms with E-state index >= 15 is 0 Å². The van der Waals surface area contributed by atoms with Crippen LogP contribution in [-0.2, 0) is 21.0 Å². The molecular formula is C28H29F2NO3. The summed E-state index contributed by atoms with van der Waals surface area (Å²) in [7, 11) is 0. The average molecular weight is 466 g/mol. The summed E-state index contributed by atoms with van der Waals surface area (Å²) in [5.74, 6) is -3.36. The Morgan fingerprint density at radius 3 is 1.65 bits per heavy atom. The molecule has 0 saturated heterocycles. The molecule has 0 fully saturated rings. The smallest absolute Gasteiger partial charge is 0.244 e. The molecule has 0 spiro atoms. The second-order valence-electron chi connectivity index (χ2n) is 11.0. The molecule has 1 amide bonds. The van der Waals surface area contributed by atoms with Crippen molar-refractivity contribution in [3.05, 3.63) is 88.0 Å². The summed E-state index contributed by atoms with van der Waals surface area (Å²) in [6.07, 6.45) is 0. The number of fused-ring (bicyclic) bond motifs is 1. The first-order chi connectivity index (χ1) is 15.7. The number of hydrogen-bond donors (Lipinski definition) is 3. The molecule has 3 aromatic carbocycles. The van der Waals surface area contributed by atoms with Crippen molar-refractivity contribution < 1.29 is 23.8 Å². The minimum atomic E-state index is -1.81. The monoisotopic (exact) mass is 465 g/mol. The van der Waals surface area contributed by atoms with E-state index < -0.39 is 23.0 Å². The van der Waals surface area contributed by atoms with Crippen LogP contribution in [0.3, 0.4) is 0 Å². The van der Waals surface area contributed by atoms with Crippen molar-refractivity contribution in [3.8, 4) is 11.5 Å². The topological polar surface area (TPSA) is 69.6 Å². The molecule has 0 unspecified atom stereocenters. The van der Waals surface area contributed by atoms with Crippen molar-refractivity contribution in [2.24, 2.45) is 0 Å². The summed E-state index contributed by atoms with van der Waals surface area (Å²) >= 11 is 0. The third-order valence-corrected chi connectivity index (χ3v) is 6.61. The van der Waals surface area contributed by atoms with Crippen LogP contribution in [0.4, 0.5) is 14.5 Å². The number of carbonyl (C=O) groups excluding carboxylic acids is 1. The Hall–Kier alpha value is -3.41. The predicted octanol–water partition coefficient (Wildman–Crippen LogP) is 6.26. The van der Waals surface area contributed by atoms with E-state index in [1.807, 2.05) is 41.5 Å². The van der Waals surface area contributed by atoms with Gasteiger partial charge in [-0.15, -0.1) is 0 Å². The molecule has 4 nitrogen and oxygen atoms in total. The number of benzene rings is 3. The van der Waals surface area contributed by atoms with Crippen LogP contribution < -0.4 is 5.32 Å². The second kappa shape index (κ2) is 7.55. The van der Waals surface area contributed by atoms with Gasteiger partial charge < -0.3 is 15.5 Å². The first-order valence-electron chi connectivity index (χ1n) is 11.2. The number of phenols is 2. The fourth-order valence-corrected chi connectivity index (χ4v) is 4.60. The maximum absolute atomic E-state index is 14.9. The first-order valence-corrected chi connectivity index (χ1v) is 11.2. The van der Waals surface area contributed by atoms with Gasteiger partial charge in [0.1, 0.15) is 16.9 Å². The summed E-state index contributed by atoms with van der Waals surface area (Å²) in [4.78, 5) is 13.8. The number of rotatable bonds is 2. The Morgan fingerprint density at radius 2 is 1.21 bits per heavy atom. The van der Waals surface area contributed by atoms with E-state index in [1.54, 1.807) is 24.3 Å². The standard InChI is InChI=1S/C28H29F2NO3/c1-26(2,3)15-7-11-21(32)18(13-15)28(19-14-16(27(4,5)6)8-12-22(19)33)17-9-10-20(29)23(30)24(17)31-25(28)34/h7-14,32-33H,1-6H3,(H,31,34). The number of carbonyl (C=O) groups is 1. The molecule has 0 aromatic heterocycles. The number of phenolic OH excluding ortho intramolecular Hbond substituents is 2. The highest BCUT2D eigenvalue weighted by Crippen LogP contribution is 2.54. The summed E-state index contributed by atoms with van der Waals surface area (Å²) in [6, 6.07) is 12.2. The molecule has 3 aromatic rings. The maximum atomic E-state index is 14.9. The van der Waals surface area contributed by atoms with Gasteiger partial charge in [0, 0.05) is 16.7 Å². The van der Waals surface area contributed by atoms with Gasteiger partial charge in [-0.05, 0) is 52.3 Å². The van der Waals surface area contributed by atoms with E-state index in [2.05, 4.69) is 5.32 Å². The van der Waals surface area contributed by atoms with E-state index in [4.69, 9.17) is 0 Å². The van der Waals surface area contributed by atoms with E-state index in [1.165, 1.54) is 18.2 Å². The first kappa shape index (κ1) is 23.7. The fraction of sp³-hybridized carbons (Fsp3) is 0.321. The Kier molecular flexibility index (Phi) is 5.27. The molecule has 6 heteroatoms. The van der Waals surface area contributed by atoms with Crippen molar-refractivity contribution in [3.63, 3.8) is 0 Å².